The minimum absolute atomic E-state index is 0.00838. The normalized spacial score (nSPS) is 41.4. The zero-order valence-corrected chi connectivity index (χ0v) is 25.6. The molecule has 0 amide bonds. The first-order valence-electron chi connectivity index (χ1n) is 14.7. The molecule has 40 heavy (non-hydrogen) atoms. The van der Waals surface area contributed by atoms with Gasteiger partial charge in [-0.15, -0.1) is 0 Å². The van der Waals surface area contributed by atoms with Gasteiger partial charge in [-0.25, -0.2) is 8.37 Å². The van der Waals surface area contributed by atoms with Crippen LogP contribution in [-0.2, 0) is 29.2 Å². The molecule has 0 aromatic heterocycles. The Labute approximate surface area is 239 Å². The van der Waals surface area contributed by atoms with Crippen LogP contribution in [0.2, 0.25) is 0 Å². The fourth-order valence-corrected chi connectivity index (χ4v) is 10.5. The SMILES string of the molecule is C=C(CC[C@@H](COS(=O)(=O)O)[C@H]1CC[C@H]2[C@@H]3CCC4C[C@H](OS(=O)(=O)O)[C@@H](O)C[C@]4(C)[C@H]3CC[C@]12C)[C@@H](C)CO. The highest BCUT2D eigenvalue weighted by Gasteiger charge is 2.62. The summed E-state index contributed by atoms with van der Waals surface area (Å²) >= 11 is 0. The Morgan fingerprint density at radius 3 is 2.30 bits per heavy atom. The maximum Gasteiger partial charge on any atom is 0.397 e. The molecule has 4 fully saturated rings. The van der Waals surface area contributed by atoms with Crippen molar-refractivity contribution in [3.8, 4) is 0 Å². The van der Waals surface area contributed by atoms with Crippen LogP contribution in [0.4, 0.5) is 0 Å². The van der Waals surface area contributed by atoms with E-state index in [1.807, 2.05) is 6.92 Å². The van der Waals surface area contributed by atoms with Crippen molar-refractivity contribution in [1.29, 1.82) is 0 Å². The van der Waals surface area contributed by atoms with Gasteiger partial charge >= 0.3 is 20.8 Å². The molecule has 4 saturated carbocycles. The summed E-state index contributed by atoms with van der Waals surface area (Å²) in [5.41, 5.74) is 0.735. The van der Waals surface area contributed by atoms with Crippen LogP contribution in [0.5, 0.6) is 0 Å². The lowest BCUT2D eigenvalue weighted by atomic mass is 9.44. The molecule has 4 aliphatic rings. The Balaban J connectivity index is 1.52. The summed E-state index contributed by atoms with van der Waals surface area (Å²) < 4.78 is 74.0. The van der Waals surface area contributed by atoms with Crippen molar-refractivity contribution in [2.45, 2.75) is 97.2 Å². The molecule has 232 valence electrons. The van der Waals surface area contributed by atoms with Crippen molar-refractivity contribution in [2.75, 3.05) is 13.2 Å². The van der Waals surface area contributed by atoms with E-state index >= 15 is 0 Å². The number of hydrogen-bond donors (Lipinski definition) is 4. The standard InChI is InChI=1S/C28H48O10S2/c1-17(18(2)15-29)5-6-19(16-37-39(31,32)33)22-9-10-23-21-8-7-20-13-26(38-40(34,35)36)25(30)14-28(20,4)24(21)11-12-27(22,23)3/h18-26,29-30H,1,5-16H2,2-4H3,(H,31,32,33)(H,34,35,36)/t18-,19-,20?,21-,22+,23-,24-,25-,26-,27+,28-/m0/s1. The molecular formula is C28H48O10S2. The Bertz CT molecular complexity index is 1140. The molecule has 10 nitrogen and oxygen atoms in total. The molecule has 0 aromatic carbocycles. The van der Waals surface area contributed by atoms with Gasteiger partial charge in [0.15, 0.2) is 0 Å². The van der Waals surface area contributed by atoms with Gasteiger partial charge < -0.3 is 10.2 Å². The number of fused-ring (bicyclic) bond motifs is 5. The lowest BCUT2D eigenvalue weighted by Gasteiger charge is -2.62. The molecule has 4 N–H and O–H groups in total. The van der Waals surface area contributed by atoms with Crippen molar-refractivity contribution in [3.63, 3.8) is 0 Å². The largest absolute Gasteiger partial charge is 0.397 e. The summed E-state index contributed by atoms with van der Waals surface area (Å²) in [6.45, 7) is 10.5. The lowest BCUT2D eigenvalue weighted by molar-refractivity contribution is -0.157. The van der Waals surface area contributed by atoms with Gasteiger partial charge in [0.1, 0.15) is 6.10 Å². The second-order valence-corrected chi connectivity index (χ2v) is 15.8. The fourth-order valence-electron chi connectivity index (χ4n) is 9.65. The predicted molar refractivity (Wildman–Crippen MR) is 149 cm³/mol. The first kappa shape index (κ1) is 32.3. The van der Waals surface area contributed by atoms with E-state index < -0.39 is 33.0 Å². The average Bonchev–Trinajstić information content (AvgIpc) is 3.19. The fraction of sp³-hybridized carbons (Fsp3) is 0.929. The number of aliphatic hydroxyl groups is 2. The topological polar surface area (TPSA) is 168 Å². The minimum Gasteiger partial charge on any atom is -0.396 e. The van der Waals surface area contributed by atoms with Crippen LogP contribution in [0.3, 0.4) is 0 Å². The van der Waals surface area contributed by atoms with Crippen LogP contribution < -0.4 is 0 Å². The predicted octanol–water partition coefficient (Wildman–Crippen LogP) is 4.20. The molecule has 4 rings (SSSR count). The molecule has 0 aromatic rings. The van der Waals surface area contributed by atoms with Crippen molar-refractivity contribution < 1.29 is 44.5 Å². The van der Waals surface area contributed by atoms with E-state index in [1.165, 1.54) is 0 Å². The van der Waals surface area contributed by atoms with Gasteiger partial charge in [0.05, 0.1) is 12.7 Å². The van der Waals surface area contributed by atoms with Crippen LogP contribution in [0.25, 0.3) is 0 Å². The first-order valence-corrected chi connectivity index (χ1v) is 17.5. The van der Waals surface area contributed by atoms with Crippen LogP contribution in [0.1, 0.15) is 85.0 Å². The summed E-state index contributed by atoms with van der Waals surface area (Å²) in [5.74, 6) is 1.54. The van der Waals surface area contributed by atoms with E-state index in [0.29, 0.717) is 43.4 Å². The highest BCUT2D eigenvalue weighted by Crippen LogP contribution is 2.68. The molecule has 0 radical (unpaired) electrons. The monoisotopic (exact) mass is 608 g/mol. The van der Waals surface area contributed by atoms with Gasteiger partial charge in [-0.3, -0.25) is 9.11 Å². The molecule has 12 heteroatoms. The van der Waals surface area contributed by atoms with E-state index in [-0.39, 0.29) is 47.7 Å². The summed E-state index contributed by atoms with van der Waals surface area (Å²) in [5, 5.41) is 20.4. The van der Waals surface area contributed by atoms with E-state index in [9.17, 15) is 36.2 Å². The third-order valence-corrected chi connectivity index (χ3v) is 12.7. The smallest absolute Gasteiger partial charge is 0.396 e. The molecule has 11 atom stereocenters. The van der Waals surface area contributed by atoms with Gasteiger partial charge in [-0.05, 0) is 116 Å². The Morgan fingerprint density at radius 1 is 1.00 bits per heavy atom. The third kappa shape index (κ3) is 6.64. The van der Waals surface area contributed by atoms with Gasteiger partial charge in [-0.2, -0.15) is 16.8 Å². The second kappa shape index (κ2) is 11.8. The number of rotatable bonds is 11. The van der Waals surface area contributed by atoms with Crippen molar-refractivity contribution in [1.82, 2.24) is 0 Å². The van der Waals surface area contributed by atoms with Crippen LogP contribution in [0, 0.1) is 52.3 Å². The summed E-state index contributed by atoms with van der Waals surface area (Å²) in [4.78, 5) is 0. The van der Waals surface area contributed by atoms with Crippen LogP contribution >= 0.6 is 0 Å². The van der Waals surface area contributed by atoms with Gasteiger partial charge in [0, 0.05) is 6.61 Å². The Kier molecular flexibility index (Phi) is 9.55. The molecular weight excluding hydrogens is 560 g/mol. The first-order chi connectivity index (χ1) is 18.5. The maximum absolute atomic E-state index is 11.5. The number of aliphatic hydroxyl groups excluding tert-OH is 2. The zero-order chi connectivity index (χ0) is 29.7. The second-order valence-electron chi connectivity index (χ2n) is 13.7. The van der Waals surface area contributed by atoms with Gasteiger partial charge in [0.25, 0.3) is 0 Å². The average molecular weight is 609 g/mol. The van der Waals surface area contributed by atoms with E-state index in [4.69, 9.17) is 8.37 Å². The van der Waals surface area contributed by atoms with Crippen LogP contribution in [-0.4, -0.2) is 61.6 Å². The quantitative estimate of drug-likeness (QED) is 0.197. The third-order valence-electron chi connectivity index (χ3n) is 11.8. The summed E-state index contributed by atoms with van der Waals surface area (Å²) in [6.07, 6.45) is 6.05. The molecule has 1 unspecified atom stereocenters. The van der Waals surface area contributed by atoms with Crippen molar-refractivity contribution >= 4 is 20.8 Å². The van der Waals surface area contributed by atoms with E-state index in [0.717, 1.165) is 44.1 Å². The van der Waals surface area contributed by atoms with Crippen LogP contribution in [0.15, 0.2) is 12.2 Å². The molecule has 0 aliphatic heterocycles. The van der Waals surface area contributed by atoms with E-state index in [1.54, 1.807) is 0 Å². The molecule has 0 heterocycles. The lowest BCUT2D eigenvalue weighted by Crippen LogP contribution is -2.57. The van der Waals surface area contributed by atoms with Gasteiger partial charge in [0.2, 0.25) is 0 Å². The Hall–Kier alpha value is -0.600. The highest BCUT2D eigenvalue weighted by atomic mass is 32.3. The maximum atomic E-state index is 11.5. The summed E-state index contributed by atoms with van der Waals surface area (Å²) in [7, 11) is -9.21. The highest BCUT2D eigenvalue weighted by molar-refractivity contribution is 7.81. The molecule has 0 bridgehead atoms. The van der Waals surface area contributed by atoms with E-state index in [2.05, 4.69) is 20.4 Å². The van der Waals surface area contributed by atoms with Crippen molar-refractivity contribution in [3.05, 3.63) is 12.2 Å². The number of hydrogen-bond acceptors (Lipinski definition) is 8. The molecule has 0 saturated heterocycles. The molecule has 4 aliphatic carbocycles. The summed E-state index contributed by atoms with van der Waals surface area (Å²) in [6, 6.07) is 0. The zero-order valence-electron chi connectivity index (χ0n) is 23.9. The minimum atomic E-state index is -4.64. The van der Waals surface area contributed by atoms with Crippen molar-refractivity contribution in [2.24, 2.45) is 52.3 Å². The Morgan fingerprint density at radius 2 is 1.68 bits per heavy atom. The van der Waals surface area contributed by atoms with Gasteiger partial charge in [-0.1, -0.05) is 32.9 Å². The molecule has 0 spiro atoms.